The van der Waals surface area contributed by atoms with E-state index in [2.05, 4.69) is 83.3 Å². The third-order valence-corrected chi connectivity index (χ3v) is 15.1. The van der Waals surface area contributed by atoms with Crippen molar-refractivity contribution in [1.29, 1.82) is 0 Å². The maximum Gasteiger partial charge on any atom is 0.193 e. The van der Waals surface area contributed by atoms with Crippen molar-refractivity contribution in [3.8, 4) is 11.5 Å². The van der Waals surface area contributed by atoms with Crippen LogP contribution in [0.2, 0.25) is 18.1 Å². The molecule has 0 aromatic heterocycles. The Balaban J connectivity index is 1.44. The second kappa shape index (κ2) is 16.0. The van der Waals surface area contributed by atoms with E-state index in [4.69, 9.17) is 18.6 Å². The number of ether oxygens (including phenoxy) is 3. The first kappa shape index (κ1) is 36.1. The van der Waals surface area contributed by atoms with Gasteiger partial charge in [-0.15, -0.1) is 0 Å². The number of methoxy groups -OCH3 is 1. The number of carbonyl (C=O) groups excluding carboxylic acids is 1. The first-order chi connectivity index (χ1) is 23.0. The van der Waals surface area contributed by atoms with Crippen molar-refractivity contribution in [3.05, 3.63) is 106 Å². The molecule has 5 rings (SSSR count). The summed E-state index contributed by atoms with van der Waals surface area (Å²) < 4.78 is 25.7. The van der Waals surface area contributed by atoms with E-state index in [-0.39, 0.29) is 28.9 Å². The van der Waals surface area contributed by atoms with Gasteiger partial charge in [-0.05, 0) is 95.8 Å². The van der Waals surface area contributed by atoms with Crippen LogP contribution in [0.25, 0.3) is 0 Å². The number of benzene rings is 3. The topological polar surface area (TPSA) is 54.0 Å². The summed E-state index contributed by atoms with van der Waals surface area (Å²) in [5.41, 5.74) is 6.82. The molecule has 3 aromatic rings. The van der Waals surface area contributed by atoms with Crippen LogP contribution in [-0.2, 0) is 33.6 Å². The number of ketones is 1. The lowest BCUT2D eigenvalue weighted by molar-refractivity contribution is -0.115. The zero-order valence-electron chi connectivity index (χ0n) is 30.3. The highest BCUT2D eigenvalue weighted by Gasteiger charge is 2.47. The van der Waals surface area contributed by atoms with E-state index >= 15 is 0 Å². The van der Waals surface area contributed by atoms with E-state index in [0.717, 1.165) is 60.3 Å². The van der Waals surface area contributed by atoms with Gasteiger partial charge in [0.1, 0.15) is 18.1 Å². The van der Waals surface area contributed by atoms with Gasteiger partial charge >= 0.3 is 0 Å². The van der Waals surface area contributed by atoms with Crippen LogP contribution < -0.4 is 9.47 Å². The summed E-state index contributed by atoms with van der Waals surface area (Å²) in [5, 5.41) is 0.0293. The largest absolute Gasteiger partial charge is 0.497 e. The van der Waals surface area contributed by atoms with Crippen molar-refractivity contribution in [2.75, 3.05) is 7.11 Å². The van der Waals surface area contributed by atoms with Crippen molar-refractivity contribution in [3.63, 3.8) is 0 Å². The molecule has 3 atom stereocenters. The number of carbonyl (C=O) groups is 1. The molecule has 6 heteroatoms. The van der Waals surface area contributed by atoms with Crippen LogP contribution in [0.3, 0.4) is 0 Å². The third-order valence-electron chi connectivity index (χ3n) is 10.7. The maximum absolute atomic E-state index is 13.9. The average molecular weight is 669 g/mol. The Labute approximate surface area is 290 Å². The predicted molar refractivity (Wildman–Crippen MR) is 197 cm³/mol. The fraction of sp³-hybridized carbons (Fsp3) is 0.500. The standard InChI is InChI=1S/C42H56O5Si/c1-8-9-11-17-34(45-28-30-15-12-10-13-16-30)24-25-36-38(43)27-32-26-37-35(41(40(32)36)47-48(6,7)42(2,3)4)18-14-19-39(37)46-29-31-20-22-33(44-5)23-21-31/h10,12-16,18-23,32,34,41H,8-9,11,17,24-29H2,1-7H3/t32-,34-,41?/m0/s1. The number of fused-ring (bicyclic) bond motifs is 2. The molecular weight excluding hydrogens is 613 g/mol. The second-order valence-corrected chi connectivity index (χ2v) is 19.9. The molecule has 0 fully saturated rings. The normalized spacial score (nSPS) is 18.4. The van der Waals surface area contributed by atoms with Gasteiger partial charge < -0.3 is 18.6 Å². The number of unbranched alkanes of at least 4 members (excludes halogenated alkanes) is 2. The minimum atomic E-state index is -2.21. The summed E-state index contributed by atoms with van der Waals surface area (Å²) in [6, 6.07) is 24.8. The monoisotopic (exact) mass is 668 g/mol. The molecule has 5 nitrogen and oxygen atoms in total. The molecule has 0 amide bonds. The van der Waals surface area contributed by atoms with E-state index in [0.29, 0.717) is 19.6 Å². The number of rotatable bonds is 16. The molecule has 0 saturated carbocycles. The number of hydrogen-bond acceptors (Lipinski definition) is 5. The second-order valence-electron chi connectivity index (χ2n) is 15.1. The van der Waals surface area contributed by atoms with E-state index in [1.54, 1.807) is 7.11 Å². The summed E-state index contributed by atoms with van der Waals surface area (Å²) in [7, 11) is -0.531. The molecule has 0 N–H and O–H groups in total. The van der Waals surface area contributed by atoms with Crippen molar-refractivity contribution in [2.45, 2.75) is 123 Å². The quantitative estimate of drug-likeness (QED) is 0.112. The minimum absolute atomic E-state index is 0.0293. The number of hydrogen-bond donors (Lipinski definition) is 0. The Kier molecular flexibility index (Phi) is 12.0. The number of allylic oxidation sites excluding steroid dienone is 1. The SMILES string of the molecule is CCCCC[C@@H](CCC1=C2C(O[Si](C)(C)C(C)(C)C)c3cccc(OCc4ccc(OC)cc4)c3C[C@H]2CC1=O)OCc1ccccc1. The Hall–Kier alpha value is -3.19. The third kappa shape index (κ3) is 8.69. The first-order valence-corrected chi connectivity index (χ1v) is 20.9. The van der Waals surface area contributed by atoms with Crippen molar-refractivity contribution < 1.29 is 23.4 Å². The van der Waals surface area contributed by atoms with Gasteiger partial charge in [-0.3, -0.25) is 4.79 Å². The minimum Gasteiger partial charge on any atom is -0.497 e. The lowest BCUT2D eigenvalue weighted by atomic mass is 9.78. The number of Topliss-reactive ketones (excluding diaryl/α,β-unsaturated/α-hetero) is 1. The molecule has 2 aliphatic carbocycles. The lowest BCUT2D eigenvalue weighted by Crippen LogP contribution is -2.43. The van der Waals surface area contributed by atoms with Crippen molar-refractivity contribution in [1.82, 2.24) is 0 Å². The van der Waals surface area contributed by atoms with Crippen LogP contribution in [0.15, 0.2) is 83.9 Å². The van der Waals surface area contributed by atoms with Crippen molar-refractivity contribution in [2.24, 2.45) is 5.92 Å². The zero-order chi connectivity index (χ0) is 34.3. The van der Waals surface area contributed by atoms with Gasteiger partial charge in [-0.2, -0.15) is 0 Å². The van der Waals surface area contributed by atoms with E-state index in [1.807, 2.05) is 30.3 Å². The molecule has 0 saturated heterocycles. The first-order valence-electron chi connectivity index (χ1n) is 18.0. The Morgan fingerprint density at radius 3 is 2.27 bits per heavy atom. The zero-order valence-corrected chi connectivity index (χ0v) is 31.3. The van der Waals surface area contributed by atoms with Gasteiger partial charge in [-0.1, -0.05) is 102 Å². The van der Waals surface area contributed by atoms with Gasteiger partial charge in [0.25, 0.3) is 0 Å². The van der Waals surface area contributed by atoms with Crippen LogP contribution >= 0.6 is 0 Å². The highest BCUT2D eigenvalue weighted by atomic mass is 28.4. The Morgan fingerprint density at radius 2 is 1.58 bits per heavy atom. The molecule has 0 spiro atoms. The molecule has 3 aromatic carbocycles. The fourth-order valence-corrected chi connectivity index (χ4v) is 8.00. The fourth-order valence-electron chi connectivity index (χ4n) is 6.81. The van der Waals surface area contributed by atoms with Crippen LogP contribution in [0, 0.1) is 5.92 Å². The van der Waals surface area contributed by atoms with Gasteiger partial charge in [-0.25, -0.2) is 0 Å². The van der Waals surface area contributed by atoms with E-state index in [9.17, 15) is 4.79 Å². The molecule has 0 bridgehead atoms. The van der Waals surface area contributed by atoms with E-state index in [1.165, 1.54) is 29.5 Å². The highest BCUT2D eigenvalue weighted by molar-refractivity contribution is 6.74. The Morgan fingerprint density at radius 1 is 0.854 bits per heavy atom. The lowest BCUT2D eigenvalue weighted by Gasteiger charge is -2.43. The molecule has 0 radical (unpaired) electrons. The Bertz CT molecular complexity index is 1540. The molecule has 1 unspecified atom stereocenters. The molecule has 258 valence electrons. The van der Waals surface area contributed by atoms with Gasteiger partial charge in [0.15, 0.2) is 14.1 Å². The van der Waals surface area contributed by atoms with E-state index < -0.39 is 8.32 Å². The average Bonchev–Trinajstić information content (AvgIpc) is 3.39. The van der Waals surface area contributed by atoms with Gasteiger partial charge in [0, 0.05) is 12.0 Å². The summed E-state index contributed by atoms with van der Waals surface area (Å²) in [6.45, 7) is 14.8. The van der Waals surface area contributed by atoms with Gasteiger partial charge in [0.05, 0.1) is 25.9 Å². The molecule has 48 heavy (non-hydrogen) atoms. The van der Waals surface area contributed by atoms with Crippen LogP contribution in [0.5, 0.6) is 11.5 Å². The highest BCUT2D eigenvalue weighted by Crippen LogP contribution is 2.53. The van der Waals surface area contributed by atoms with Crippen LogP contribution in [-0.4, -0.2) is 27.3 Å². The molecular formula is C42H56O5Si. The molecule has 0 aliphatic heterocycles. The van der Waals surface area contributed by atoms with Crippen LogP contribution in [0.4, 0.5) is 0 Å². The summed E-state index contributed by atoms with van der Waals surface area (Å²) >= 11 is 0. The predicted octanol–water partition coefficient (Wildman–Crippen LogP) is 10.7. The van der Waals surface area contributed by atoms with Crippen LogP contribution in [0.1, 0.15) is 101 Å². The molecule has 0 heterocycles. The van der Waals surface area contributed by atoms with Crippen molar-refractivity contribution >= 4 is 14.1 Å². The van der Waals surface area contributed by atoms with Gasteiger partial charge in [0.2, 0.25) is 0 Å². The molecule has 2 aliphatic rings. The smallest absolute Gasteiger partial charge is 0.193 e. The summed E-state index contributed by atoms with van der Waals surface area (Å²) in [4.78, 5) is 13.9. The summed E-state index contributed by atoms with van der Waals surface area (Å²) in [5.74, 6) is 2.13. The maximum atomic E-state index is 13.9. The summed E-state index contributed by atoms with van der Waals surface area (Å²) in [6.07, 6.45) is 7.32.